The third-order valence-electron chi connectivity index (χ3n) is 2.93. The van der Waals surface area contributed by atoms with Gasteiger partial charge in [0, 0.05) is 20.1 Å². The molecule has 1 heterocycles. The van der Waals surface area contributed by atoms with Crippen LogP contribution in [-0.2, 0) is 14.3 Å². The van der Waals surface area contributed by atoms with Gasteiger partial charge in [0.25, 0.3) is 0 Å². The summed E-state index contributed by atoms with van der Waals surface area (Å²) >= 11 is 0. The second-order valence-electron chi connectivity index (χ2n) is 4.05. The van der Waals surface area contributed by atoms with Crippen LogP contribution in [0.15, 0.2) is 0 Å². The molecule has 92 valence electrons. The lowest BCUT2D eigenvalue weighted by molar-refractivity contribution is -0.120. The molecule has 1 aliphatic rings. The van der Waals surface area contributed by atoms with Crippen molar-refractivity contribution in [3.63, 3.8) is 0 Å². The number of carbonyl (C=O) groups is 2. The number of hydrogen-bond acceptors (Lipinski definition) is 4. The Kier molecular flexibility index (Phi) is 4.73. The monoisotopic (exact) mass is 229 g/mol. The fraction of sp³-hybridized carbons (Fsp3) is 0.818. The van der Waals surface area contributed by atoms with Crippen molar-refractivity contribution in [3.8, 4) is 0 Å². The zero-order chi connectivity index (χ0) is 12.1. The summed E-state index contributed by atoms with van der Waals surface area (Å²) in [5.41, 5.74) is 0. The Hall–Kier alpha value is -1.10. The van der Waals surface area contributed by atoms with Gasteiger partial charge < -0.3 is 14.4 Å². The maximum absolute atomic E-state index is 11.6. The first kappa shape index (κ1) is 13.0. The van der Waals surface area contributed by atoms with Gasteiger partial charge in [0.2, 0.25) is 0 Å². The molecular formula is C11H19NO4. The van der Waals surface area contributed by atoms with Crippen molar-refractivity contribution in [3.05, 3.63) is 0 Å². The Labute approximate surface area is 95.7 Å². The van der Waals surface area contributed by atoms with Gasteiger partial charge in [0.05, 0.1) is 19.3 Å². The van der Waals surface area contributed by atoms with Crippen LogP contribution in [0, 0.1) is 0 Å². The number of methoxy groups -OCH3 is 2. The topological polar surface area (TPSA) is 55.8 Å². The molecule has 0 spiro atoms. The zero-order valence-electron chi connectivity index (χ0n) is 10.1. The van der Waals surface area contributed by atoms with Crippen molar-refractivity contribution in [2.24, 2.45) is 0 Å². The van der Waals surface area contributed by atoms with E-state index in [0.717, 1.165) is 12.8 Å². The van der Waals surface area contributed by atoms with E-state index >= 15 is 0 Å². The lowest BCUT2D eigenvalue weighted by Crippen LogP contribution is -2.52. The summed E-state index contributed by atoms with van der Waals surface area (Å²) in [6.45, 7) is 2.15. The van der Waals surface area contributed by atoms with Crippen molar-refractivity contribution >= 4 is 11.9 Å². The van der Waals surface area contributed by atoms with E-state index < -0.39 is 0 Å². The summed E-state index contributed by atoms with van der Waals surface area (Å²) in [6.07, 6.45) is 1.63. The van der Waals surface area contributed by atoms with Gasteiger partial charge in [-0.2, -0.15) is 0 Å². The predicted molar refractivity (Wildman–Crippen MR) is 58.2 cm³/mol. The number of amides is 1. The second kappa shape index (κ2) is 5.84. The van der Waals surface area contributed by atoms with E-state index in [9.17, 15) is 9.59 Å². The Morgan fingerprint density at radius 2 is 2.06 bits per heavy atom. The molecule has 0 unspecified atom stereocenters. The van der Waals surface area contributed by atoms with Crippen molar-refractivity contribution < 1.29 is 19.1 Å². The highest BCUT2D eigenvalue weighted by molar-refractivity contribution is 5.77. The molecule has 1 amide bonds. The molecule has 2 atom stereocenters. The third kappa shape index (κ3) is 2.95. The molecule has 5 nitrogen and oxygen atoms in total. The van der Waals surface area contributed by atoms with Crippen LogP contribution >= 0.6 is 0 Å². The van der Waals surface area contributed by atoms with Gasteiger partial charge in [-0.15, -0.1) is 0 Å². The van der Waals surface area contributed by atoms with E-state index in [4.69, 9.17) is 9.47 Å². The number of ether oxygens (including phenoxy) is 2. The van der Waals surface area contributed by atoms with Crippen molar-refractivity contribution in [1.29, 1.82) is 0 Å². The largest absolute Gasteiger partial charge is 0.453 e. The quantitative estimate of drug-likeness (QED) is 0.730. The van der Waals surface area contributed by atoms with Crippen LogP contribution in [0.2, 0.25) is 0 Å². The highest BCUT2D eigenvalue weighted by Gasteiger charge is 2.35. The SMILES string of the molecule is COC(=O)N1CCC[C@H](OC)[C@H]1CC(C)=O. The molecule has 16 heavy (non-hydrogen) atoms. The summed E-state index contributed by atoms with van der Waals surface area (Å²) < 4.78 is 10.0. The van der Waals surface area contributed by atoms with Gasteiger partial charge >= 0.3 is 6.09 Å². The van der Waals surface area contributed by atoms with E-state index in [1.165, 1.54) is 14.0 Å². The van der Waals surface area contributed by atoms with Gasteiger partial charge in [-0.25, -0.2) is 4.79 Å². The molecule has 0 N–H and O–H groups in total. The molecular weight excluding hydrogens is 210 g/mol. The molecule has 0 bridgehead atoms. The number of piperidine rings is 1. The van der Waals surface area contributed by atoms with Crippen LogP contribution in [0.1, 0.15) is 26.2 Å². The summed E-state index contributed by atoms with van der Waals surface area (Å²) in [5, 5.41) is 0. The number of nitrogens with zero attached hydrogens (tertiary/aromatic N) is 1. The molecule has 0 radical (unpaired) electrons. The molecule has 0 aromatic rings. The highest BCUT2D eigenvalue weighted by atomic mass is 16.5. The lowest BCUT2D eigenvalue weighted by atomic mass is 9.95. The fourth-order valence-electron chi connectivity index (χ4n) is 2.18. The molecule has 0 aliphatic carbocycles. The molecule has 0 aromatic heterocycles. The van der Waals surface area contributed by atoms with E-state index in [-0.39, 0.29) is 24.0 Å². The molecule has 1 saturated heterocycles. The average Bonchev–Trinajstić information content (AvgIpc) is 2.27. The highest BCUT2D eigenvalue weighted by Crippen LogP contribution is 2.23. The Balaban J connectivity index is 2.78. The molecule has 0 saturated carbocycles. The van der Waals surface area contributed by atoms with Gasteiger partial charge in [0.15, 0.2) is 0 Å². The fourth-order valence-corrected chi connectivity index (χ4v) is 2.18. The Bertz CT molecular complexity index is 267. The smallest absolute Gasteiger partial charge is 0.409 e. The minimum atomic E-state index is -0.381. The number of carbonyl (C=O) groups excluding carboxylic acids is 2. The van der Waals surface area contributed by atoms with Crippen molar-refractivity contribution in [2.45, 2.75) is 38.3 Å². The number of ketones is 1. The van der Waals surface area contributed by atoms with Crippen LogP contribution < -0.4 is 0 Å². The average molecular weight is 229 g/mol. The van der Waals surface area contributed by atoms with E-state index in [0.29, 0.717) is 13.0 Å². The first-order valence-corrected chi connectivity index (χ1v) is 5.47. The standard InChI is InChI=1S/C11H19NO4/c1-8(13)7-9-10(15-2)5-4-6-12(9)11(14)16-3/h9-10H,4-7H2,1-3H3/t9-,10+/m1/s1. The Morgan fingerprint density at radius 3 is 2.56 bits per heavy atom. The minimum Gasteiger partial charge on any atom is -0.453 e. The molecule has 1 fully saturated rings. The zero-order valence-corrected chi connectivity index (χ0v) is 10.1. The number of rotatable bonds is 3. The third-order valence-corrected chi connectivity index (χ3v) is 2.93. The summed E-state index contributed by atoms with van der Waals surface area (Å²) in [7, 11) is 2.96. The van der Waals surface area contributed by atoms with Crippen molar-refractivity contribution in [2.75, 3.05) is 20.8 Å². The summed E-state index contributed by atoms with van der Waals surface area (Å²) in [4.78, 5) is 24.3. The first-order chi connectivity index (χ1) is 7.60. The van der Waals surface area contributed by atoms with Gasteiger partial charge in [-0.05, 0) is 19.8 Å². The molecule has 5 heteroatoms. The summed E-state index contributed by atoms with van der Waals surface area (Å²) in [6, 6.07) is -0.191. The predicted octanol–water partition coefficient (Wildman–Crippen LogP) is 1.21. The van der Waals surface area contributed by atoms with E-state index in [2.05, 4.69) is 0 Å². The molecule has 1 aliphatic heterocycles. The van der Waals surface area contributed by atoms with Gasteiger partial charge in [-0.3, -0.25) is 4.79 Å². The first-order valence-electron chi connectivity index (χ1n) is 5.47. The van der Waals surface area contributed by atoms with Crippen molar-refractivity contribution in [1.82, 2.24) is 4.90 Å². The number of hydrogen-bond donors (Lipinski definition) is 0. The van der Waals surface area contributed by atoms with Crippen LogP contribution in [0.3, 0.4) is 0 Å². The minimum absolute atomic E-state index is 0.0582. The van der Waals surface area contributed by atoms with Crippen LogP contribution in [0.25, 0.3) is 0 Å². The Morgan fingerprint density at radius 1 is 1.38 bits per heavy atom. The van der Waals surface area contributed by atoms with E-state index in [1.807, 2.05) is 0 Å². The van der Waals surface area contributed by atoms with Gasteiger partial charge in [0.1, 0.15) is 5.78 Å². The normalized spacial score (nSPS) is 25.3. The van der Waals surface area contributed by atoms with Crippen LogP contribution in [0.5, 0.6) is 0 Å². The second-order valence-corrected chi connectivity index (χ2v) is 4.05. The maximum Gasteiger partial charge on any atom is 0.409 e. The molecule has 1 rings (SSSR count). The van der Waals surface area contributed by atoms with Gasteiger partial charge in [-0.1, -0.05) is 0 Å². The lowest BCUT2D eigenvalue weighted by Gasteiger charge is -2.39. The maximum atomic E-state index is 11.6. The van der Waals surface area contributed by atoms with Crippen LogP contribution in [-0.4, -0.2) is 49.7 Å². The summed E-state index contributed by atoms with van der Waals surface area (Å²) in [5.74, 6) is 0.0582. The van der Waals surface area contributed by atoms with Crippen LogP contribution in [0.4, 0.5) is 4.79 Å². The molecule has 0 aromatic carbocycles. The number of Topliss-reactive ketones (excluding diaryl/α,β-unsaturated/α-hetero) is 1. The number of likely N-dealkylation sites (tertiary alicyclic amines) is 1. The van der Waals surface area contributed by atoms with E-state index in [1.54, 1.807) is 12.0 Å².